The van der Waals surface area contributed by atoms with Crippen molar-refractivity contribution in [2.45, 2.75) is 26.8 Å². The van der Waals surface area contributed by atoms with Gasteiger partial charge in [0, 0.05) is 0 Å². The van der Waals surface area contributed by atoms with E-state index in [0.29, 0.717) is 15.6 Å². The van der Waals surface area contributed by atoms with E-state index in [1.807, 2.05) is 25.1 Å². The Kier molecular flexibility index (Phi) is 5.12. The largest absolute Gasteiger partial charge is 0.307 e. The number of hydrogen-bond acceptors (Lipinski definition) is 1. The number of hydrogen-bond donors (Lipinski definition) is 1. The molecule has 0 spiro atoms. The molecule has 0 aliphatic heterocycles. The molecule has 0 heterocycles. The highest BCUT2D eigenvalue weighted by atomic mass is 79.9. The van der Waals surface area contributed by atoms with Crippen LogP contribution in [0.4, 0.5) is 8.78 Å². The lowest BCUT2D eigenvalue weighted by Crippen LogP contribution is -2.22. The predicted octanol–water partition coefficient (Wildman–Crippen LogP) is 5.04. The highest BCUT2D eigenvalue weighted by Crippen LogP contribution is 2.28. The number of nitrogens with one attached hydrogen (secondary N) is 1. The summed E-state index contributed by atoms with van der Waals surface area (Å²) >= 11 is 3.16. The second-order valence-electron chi connectivity index (χ2n) is 5.13. The van der Waals surface area contributed by atoms with Crippen LogP contribution >= 0.6 is 15.9 Å². The highest BCUT2D eigenvalue weighted by molar-refractivity contribution is 9.10. The van der Waals surface area contributed by atoms with E-state index in [1.54, 1.807) is 19.9 Å². The van der Waals surface area contributed by atoms with Crippen LogP contribution in [0.2, 0.25) is 0 Å². The molecule has 0 amide bonds. The molecule has 0 fully saturated rings. The van der Waals surface area contributed by atoms with Gasteiger partial charge in [-0.05, 0) is 70.7 Å². The van der Waals surface area contributed by atoms with Crippen LogP contribution in [-0.2, 0) is 0 Å². The smallest absolute Gasteiger partial charge is 0.137 e. The zero-order valence-corrected chi connectivity index (χ0v) is 13.9. The fourth-order valence-electron chi connectivity index (χ4n) is 2.47. The first-order valence-electron chi connectivity index (χ1n) is 6.89. The molecule has 2 rings (SSSR count). The fourth-order valence-corrected chi connectivity index (χ4v) is 2.72. The van der Waals surface area contributed by atoms with Crippen molar-refractivity contribution < 1.29 is 8.78 Å². The normalized spacial score (nSPS) is 12.5. The van der Waals surface area contributed by atoms with E-state index in [9.17, 15) is 8.78 Å². The van der Waals surface area contributed by atoms with Gasteiger partial charge in [-0.25, -0.2) is 8.78 Å². The van der Waals surface area contributed by atoms with Gasteiger partial charge in [0.15, 0.2) is 0 Å². The van der Waals surface area contributed by atoms with E-state index in [1.165, 1.54) is 6.07 Å². The summed E-state index contributed by atoms with van der Waals surface area (Å²) in [4.78, 5) is 0. The van der Waals surface area contributed by atoms with Gasteiger partial charge >= 0.3 is 0 Å². The number of rotatable bonds is 4. The van der Waals surface area contributed by atoms with Gasteiger partial charge < -0.3 is 5.32 Å². The van der Waals surface area contributed by atoms with Crippen molar-refractivity contribution in [3.63, 3.8) is 0 Å². The Morgan fingerprint density at radius 1 is 1.05 bits per heavy atom. The Balaban J connectivity index is 2.50. The number of benzene rings is 2. The Morgan fingerprint density at radius 2 is 1.67 bits per heavy atom. The molecule has 0 saturated carbocycles. The van der Waals surface area contributed by atoms with E-state index in [2.05, 4.69) is 21.2 Å². The summed E-state index contributed by atoms with van der Waals surface area (Å²) in [6, 6.07) is 8.54. The molecule has 1 nitrogen and oxygen atoms in total. The molecule has 0 aromatic heterocycles. The van der Waals surface area contributed by atoms with E-state index in [-0.39, 0.29) is 17.7 Å². The van der Waals surface area contributed by atoms with E-state index in [0.717, 1.165) is 17.7 Å². The third kappa shape index (κ3) is 3.50. The number of aryl methyl sites for hydroxylation is 2. The molecule has 0 bridgehead atoms. The van der Waals surface area contributed by atoms with Crippen LogP contribution in [0.5, 0.6) is 0 Å². The van der Waals surface area contributed by atoms with Gasteiger partial charge in [0.25, 0.3) is 0 Å². The molecule has 1 N–H and O–H groups in total. The molecule has 112 valence electrons. The minimum absolute atomic E-state index is 0.157. The first-order valence-corrected chi connectivity index (χ1v) is 7.68. The summed E-state index contributed by atoms with van der Waals surface area (Å²) in [7, 11) is 0. The Morgan fingerprint density at radius 3 is 2.19 bits per heavy atom. The Hall–Kier alpha value is -1.26. The van der Waals surface area contributed by atoms with Crippen molar-refractivity contribution in [1.82, 2.24) is 5.32 Å². The average molecular weight is 354 g/mol. The van der Waals surface area contributed by atoms with Crippen molar-refractivity contribution in [2.75, 3.05) is 6.54 Å². The first kappa shape index (κ1) is 16.1. The quantitative estimate of drug-likeness (QED) is 0.811. The fraction of sp³-hybridized carbons (Fsp3) is 0.294. The number of halogens is 3. The maximum atomic E-state index is 13.8. The van der Waals surface area contributed by atoms with Crippen molar-refractivity contribution >= 4 is 15.9 Å². The SMILES string of the molecule is CCNC(c1cc(C)c(F)c(C)c1)c1ccc(Br)c(F)c1. The molecule has 2 aromatic rings. The van der Waals surface area contributed by atoms with Gasteiger partial charge in [0.2, 0.25) is 0 Å². The molecular formula is C17H18BrF2N. The summed E-state index contributed by atoms with van der Waals surface area (Å²) in [6.07, 6.45) is 0. The summed E-state index contributed by atoms with van der Waals surface area (Å²) in [6.45, 7) is 6.22. The molecule has 2 aromatic carbocycles. The van der Waals surface area contributed by atoms with Gasteiger partial charge in [-0.1, -0.05) is 25.1 Å². The lowest BCUT2D eigenvalue weighted by Gasteiger charge is -2.21. The molecule has 0 aliphatic rings. The lowest BCUT2D eigenvalue weighted by atomic mass is 9.95. The lowest BCUT2D eigenvalue weighted by molar-refractivity contribution is 0.590. The van der Waals surface area contributed by atoms with Crippen molar-refractivity contribution in [3.05, 3.63) is 68.7 Å². The molecule has 4 heteroatoms. The van der Waals surface area contributed by atoms with E-state index >= 15 is 0 Å². The van der Waals surface area contributed by atoms with Crippen LogP contribution < -0.4 is 5.32 Å². The van der Waals surface area contributed by atoms with Gasteiger partial charge in [-0.3, -0.25) is 0 Å². The average Bonchev–Trinajstić information content (AvgIpc) is 2.45. The second kappa shape index (κ2) is 6.67. The minimum Gasteiger partial charge on any atom is -0.307 e. The Labute approximate surface area is 132 Å². The van der Waals surface area contributed by atoms with Crippen LogP contribution in [0.3, 0.4) is 0 Å². The van der Waals surface area contributed by atoms with Crippen LogP contribution in [-0.4, -0.2) is 6.54 Å². The summed E-state index contributed by atoms with van der Waals surface area (Å²) in [5.74, 6) is -0.484. The van der Waals surface area contributed by atoms with Crippen LogP contribution in [0.15, 0.2) is 34.8 Å². The molecular weight excluding hydrogens is 336 g/mol. The first-order chi connectivity index (χ1) is 9.93. The summed E-state index contributed by atoms with van der Waals surface area (Å²) in [5.41, 5.74) is 2.97. The predicted molar refractivity (Wildman–Crippen MR) is 85.5 cm³/mol. The molecule has 21 heavy (non-hydrogen) atoms. The maximum absolute atomic E-state index is 13.8. The van der Waals surface area contributed by atoms with E-state index < -0.39 is 0 Å². The minimum atomic E-state index is -0.300. The molecule has 0 aliphatic carbocycles. The summed E-state index contributed by atoms with van der Waals surface area (Å²) < 4.78 is 28.0. The zero-order chi connectivity index (χ0) is 15.6. The standard InChI is InChI=1S/C17H18BrF2N/c1-4-21-17(12-5-6-14(18)15(19)9-12)13-7-10(2)16(20)11(3)8-13/h5-9,17,21H,4H2,1-3H3. The molecule has 0 radical (unpaired) electrons. The molecule has 0 saturated heterocycles. The van der Waals surface area contributed by atoms with Gasteiger partial charge in [0.05, 0.1) is 10.5 Å². The third-order valence-corrected chi connectivity index (χ3v) is 4.12. The zero-order valence-electron chi connectivity index (χ0n) is 12.3. The van der Waals surface area contributed by atoms with Gasteiger partial charge in [-0.15, -0.1) is 0 Å². The van der Waals surface area contributed by atoms with Crippen molar-refractivity contribution in [1.29, 1.82) is 0 Å². The van der Waals surface area contributed by atoms with Gasteiger partial charge in [-0.2, -0.15) is 0 Å². The van der Waals surface area contributed by atoms with E-state index in [4.69, 9.17) is 0 Å². The molecule has 1 unspecified atom stereocenters. The highest BCUT2D eigenvalue weighted by Gasteiger charge is 2.17. The topological polar surface area (TPSA) is 12.0 Å². The maximum Gasteiger partial charge on any atom is 0.137 e. The monoisotopic (exact) mass is 353 g/mol. The van der Waals surface area contributed by atoms with Gasteiger partial charge in [0.1, 0.15) is 11.6 Å². The third-order valence-electron chi connectivity index (χ3n) is 3.48. The van der Waals surface area contributed by atoms with Crippen molar-refractivity contribution in [3.8, 4) is 0 Å². The van der Waals surface area contributed by atoms with Crippen LogP contribution in [0.25, 0.3) is 0 Å². The van der Waals surface area contributed by atoms with Crippen molar-refractivity contribution in [2.24, 2.45) is 0 Å². The summed E-state index contributed by atoms with van der Waals surface area (Å²) in [5, 5.41) is 3.33. The Bertz CT molecular complexity index is 632. The molecule has 1 atom stereocenters. The van der Waals surface area contributed by atoms with Crippen LogP contribution in [0, 0.1) is 25.5 Å². The second-order valence-corrected chi connectivity index (χ2v) is 5.99. The van der Waals surface area contributed by atoms with Crippen LogP contribution in [0.1, 0.15) is 35.2 Å².